The van der Waals surface area contributed by atoms with Crippen molar-refractivity contribution in [1.82, 2.24) is 0 Å². The molecular weight excluding hydrogens is 377 g/mol. The van der Waals surface area contributed by atoms with E-state index in [0.717, 1.165) is 22.3 Å². The monoisotopic (exact) mass is 392 g/mol. The van der Waals surface area contributed by atoms with E-state index < -0.39 is 21.4 Å². The molecular formula is C20H15F3O3S. The van der Waals surface area contributed by atoms with E-state index in [2.05, 4.69) is 4.18 Å². The zero-order chi connectivity index (χ0) is 19.7. The fourth-order valence-corrected chi connectivity index (χ4v) is 3.08. The van der Waals surface area contributed by atoms with Gasteiger partial charge in [-0.1, -0.05) is 54.6 Å². The van der Waals surface area contributed by atoms with Crippen LogP contribution in [-0.2, 0) is 10.1 Å². The van der Waals surface area contributed by atoms with Gasteiger partial charge in [-0.05, 0) is 52.9 Å². The lowest BCUT2D eigenvalue weighted by molar-refractivity contribution is -0.0500. The van der Waals surface area contributed by atoms with Crippen LogP contribution in [0.1, 0.15) is 5.56 Å². The topological polar surface area (TPSA) is 43.4 Å². The van der Waals surface area contributed by atoms with Gasteiger partial charge in [-0.25, -0.2) is 0 Å². The smallest absolute Gasteiger partial charge is 0.376 e. The van der Waals surface area contributed by atoms with Crippen LogP contribution in [0.5, 0.6) is 5.75 Å². The third-order valence-corrected chi connectivity index (χ3v) is 4.96. The van der Waals surface area contributed by atoms with Crippen molar-refractivity contribution in [1.29, 1.82) is 0 Å². The van der Waals surface area contributed by atoms with E-state index in [9.17, 15) is 21.6 Å². The molecule has 140 valence electrons. The van der Waals surface area contributed by atoms with Crippen LogP contribution in [0.15, 0.2) is 72.8 Å². The molecule has 0 amide bonds. The molecule has 0 heterocycles. The molecule has 0 unspecified atom stereocenters. The van der Waals surface area contributed by atoms with Gasteiger partial charge in [0.2, 0.25) is 0 Å². The van der Waals surface area contributed by atoms with Crippen molar-refractivity contribution >= 4 is 10.1 Å². The van der Waals surface area contributed by atoms with E-state index >= 15 is 0 Å². The molecule has 3 nitrogen and oxygen atoms in total. The van der Waals surface area contributed by atoms with Gasteiger partial charge in [0.25, 0.3) is 0 Å². The maximum absolute atomic E-state index is 12.5. The number of benzene rings is 3. The third kappa shape index (κ3) is 4.14. The van der Waals surface area contributed by atoms with Gasteiger partial charge < -0.3 is 4.18 Å². The summed E-state index contributed by atoms with van der Waals surface area (Å²) in [5.41, 5.74) is -1.19. The molecule has 7 heteroatoms. The molecule has 0 saturated carbocycles. The predicted octanol–water partition coefficient (Wildman–Crippen LogP) is 5.56. The zero-order valence-corrected chi connectivity index (χ0v) is 15.0. The van der Waals surface area contributed by atoms with E-state index in [-0.39, 0.29) is 0 Å². The van der Waals surface area contributed by atoms with Crippen molar-refractivity contribution in [3.8, 4) is 28.0 Å². The van der Waals surface area contributed by atoms with E-state index in [4.69, 9.17) is 0 Å². The second-order valence-corrected chi connectivity index (χ2v) is 7.44. The number of aryl methyl sites for hydroxylation is 1. The standard InChI is InChI=1S/C20H15F3O3S/c1-14-10-11-17(13-19(14)15-6-3-2-4-7-15)16-8-5-9-18(12-16)26-27(24,25)20(21,22)23/h2-13H,1H3. The molecule has 0 saturated heterocycles. The van der Waals surface area contributed by atoms with Gasteiger partial charge in [-0.15, -0.1) is 0 Å². The minimum absolute atomic E-state index is 0.397. The molecule has 0 aliphatic carbocycles. The Morgan fingerprint density at radius 3 is 2.07 bits per heavy atom. The first-order chi connectivity index (χ1) is 12.7. The van der Waals surface area contributed by atoms with E-state index in [1.807, 2.05) is 55.5 Å². The minimum Gasteiger partial charge on any atom is -0.376 e. The molecule has 0 spiro atoms. The zero-order valence-electron chi connectivity index (χ0n) is 14.2. The quantitative estimate of drug-likeness (QED) is 0.431. The van der Waals surface area contributed by atoms with Gasteiger partial charge in [0.15, 0.2) is 0 Å². The Bertz CT molecular complexity index is 1060. The third-order valence-electron chi connectivity index (χ3n) is 3.98. The second kappa shape index (κ2) is 7.08. The highest BCUT2D eigenvalue weighted by Gasteiger charge is 2.48. The highest BCUT2D eigenvalue weighted by Crippen LogP contribution is 2.32. The summed E-state index contributed by atoms with van der Waals surface area (Å²) in [4.78, 5) is 0. The SMILES string of the molecule is Cc1ccc(-c2cccc(OS(=O)(=O)C(F)(F)F)c2)cc1-c1ccccc1. The average molecular weight is 392 g/mol. The molecule has 0 bridgehead atoms. The summed E-state index contributed by atoms with van der Waals surface area (Å²) in [6.45, 7) is 1.96. The first-order valence-electron chi connectivity index (χ1n) is 7.95. The van der Waals surface area contributed by atoms with Crippen LogP contribution in [0.25, 0.3) is 22.3 Å². The van der Waals surface area contributed by atoms with Gasteiger partial charge in [-0.2, -0.15) is 21.6 Å². The highest BCUT2D eigenvalue weighted by atomic mass is 32.2. The lowest BCUT2D eigenvalue weighted by atomic mass is 9.95. The Hall–Kier alpha value is -2.80. The summed E-state index contributed by atoms with van der Waals surface area (Å²) in [7, 11) is -5.71. The Labute approximate surface area is 155 Å². The van der Waals surface area contributed by atoms with Gasteiger partial charge >= 0.3 is 15.6 Å². The average Bonchev–Trinajstić information content (AvgIpc) is 2.62. The van der Waals surface area contributed by atoms with Crippen molar-refractivity contribution in [3.63, 3.8) is 0 Å². The number of hydrogen-bond donors (Lipinski definition) is 0. The minimum atomic E-state index is -5.71. The fourth-order valence-electron chi connectivity index (χ4n) is 2.63. The maximum atomic E-state index is 12.5. The number of alkyl halides is 3. The first-order valence-corrected chi connectivity index (χ1v) is 9.35. The Morgan fingerprint density at radius 2 is 1.41 bits per heavy atom. The van der Waals surface area contributed by atoms with Crippen LogP contribution in [0.2, 0.25) is 0 Å². The number of rotatable bonds is 4. The van der Waals surface area contributed by atoms with Crippen molar-refractivity contribution in [2.24, 2.45) is 0 Å². The van der Waals surface area contributed by atoms with Gasteiger partial charge in [0.1, 0.15) is 5.75 Å². The largest absolute Gasteiger partial charge is 0.534 e. The lowest BCUT2D eigenvalue weighted by Crippen LogP contribution is -2.28. The van der Waals surface area contributed by atoms with E-state index in [0.29, 0.717) is 5.56 Å². The molecule has 0 fully saturated rings. The van der Waals surface area contributed by atoms with Crippen LogP contribution in [0, 0.1) is 6.92 Å². The summed E-state index contributed by atoms with van der Waals surface area (Å²) in [5.74, 6) is -0.397. The summed E-state index contributed by atoms with van der Waals surface area (Å²) in [6, 6.07) is 20.8. The Morgan fingerprint density at radius 1 is 0.778 bits per heavy atom. The summed E-state index contributed by atoms with van der Waals surface area (Å²) >= 11 is 0. The molecule has 0 N–H and O–H groups in total. The normalized spacial score (nSPS) is 12.0. The molecule has 0 aromatic heterocycles. The van der Waals surface area contributed by atoms with E-state index in [1.165, 1.54) is 18.2 Å². The number of hydrogen-bond acceptors (Lipinski definition) is 3. The summed E-state index contributed by atoms with van der Waals surface area (Å²) < 4.78 is 64.2. The first kappa shape index (κ1) is 19.0. The van der Waals surface area contributed by atoms with Gasteiger partial charge in [0.05, 0.1) is 0 Å². The molecule has 27 heavy (non-hydrogen) atoms. The molecule has 3 aromatic rings. The van der Waals surface area contributed by atoms with Crippen molar-refractivity contribution in [2.45, 2.75) is 12.4 Å². The van der Waals surface area contributed by atoms with Crippen molar-refractivity contribution in [2.75, 3.05) is 0 Å². The highest BCUT2D eigenvalue weighted by molar-refractivity contribution is 7.88. The maximum Gasteiger partial charge on any atom is 0.534 e. The van der Waals surface area contributed by atoms with Crippen LogP contribution in [-0.4, -0.2) is 13.9 Å². The van der Waals surface area contributed by atoms with Gasteiger partial charge in [0, 0.05) is 0 Å². The lowest BCUT2D eigenvalue weighted by Gasteiger charge is -2.12. The van der Waals surface area contributed by atoms with Crippen LogP contribution in [0.3, 0.4) is 0 Å². The van der Waals surface area contributed by atoms with Crippen LogP contribution < -0.4 is 4.18 Å². The Balaban J connectivity index is 1.99. The van der Waals surface area contributed by atoms with Crippen molar-refractivity contribution < 1.29 is 25.8 Å². The number of halogens is 3. The summed E-state index contributed by atoms with van der Waals surface area (Å²) in [5, 5.41) is 0. The van der Waals surface area contributed by atoms with Crippen LogP contribution in [0.4, 0.5) is 13.2 Å². The van der Waals surface area contributed by atoms with Crippen molar-refractivity contribution in [3.05, 3.63) is 78.4 Å². The fraction of sp³-hybridized carbons (Fsp3) is 0.100. The second-order valence-electron chi connectivity index (χ2n) is 5.91. The molecule has 0 aliphatic heterocycles. The van der Waals surface area contributed by atoms with Gasteiger partial charge in [-0.3, -0.25) is 0 Å². The van der Waals surface area contributed by atoms with Crippen LogP contribution >= 0.6 is 0 Å². The Kier molecular flexibility index (Phi) is 4.97. The molecule has 0 atom stereocenters. The molecule has 3 aromatic carbocycles. The van der Waals surface area contributed by atoms with E-state index in [1.54, 1.807) is 6.07 Å². The molecule has 0 radical (unpaired) electrons. The molecule has 0 aliphatic rings. The molecule has 3 rings (SSSR count). The predicted molar refractivity (Wildman–Crippen MR) is 97.7 cm³/mol. The summed E-state index contributed by atoms with van der Waals surface area (Å²) in [6.07, 6.45) is 0.